The monoisotopic (exact) mass is 262 g/mol. The number of ether oxygens (including phenoxy) is 1. The highest BCUT2D eigenvalue weighted by Crippen LogP contribution is 2.14. The Balaban J connectivity index is 1.83. The maximum Gasteiger partial charge on any atom is 0.407 e. The van der Waals surface area contributed by atoms with Crippen LogP contribution in [0.15, 0.2) is 29.0 Å². The van der Waals surface area contributed by atoms with Crippen molar-refractivity contribution in [2.75, 3.05) is 6.61 Å². The minimum Gasteiger partial charge on any atom is -0.449 e. The van der Waals surface area contributed by atoms with E-state index in [0.717, 1.165) is 16.7 Å². The largest absolute Gasteiger partial charge is 0.449 e. The van der Waals surface area contributed by atoms with E-state index in [2.05, 4.69) is 10.3 Å². The van der Waals surface area contributed by atoms with Gasteiger partial charge in [0.05, 0.1) is 6.61 Å². The number of oxazole rings is 1. The molecule has 1 aromatic carbocycles. The van der Waals surface area contributed by atoms with E-state index in [0.29, 0.717) is 13.0 Å². The number of amides is 1. The summed E-state index contributed by atoms with van der Waals surface area (Å²) in [6, 6.07) is 5.75. The van der Waals surface area contributed by atoms with Crippen molar-refractivity contribution in [2.45, 2.75) is 32.7 Å². The SMILES string of the molecule is CC(C)(C)NC(=O)OCCc1ccc2ocnc2c1. The van der Waals surface area contributed by atoms with Crippen LogP contribution >= 0.6 is 0 Å². The first-order valence-electron chi connectivity index (χ1n) is 6.21. The summed E-state index contributed by atoms with van der Waals surface area (Å²) in [6.45, 7) is 6.07. The third-order valence-electron chi connectivity index (χ3n) is 2.50. The zero-order valence-electron chi connectivity index (χ0n) is 11.4. The van der Waals surface area contributed by atoms with Crippen molar-refractivity contribution in [3.8, 4) is 0 Å². The van der Waals surface area contributed by atoms with E-state index >= 15 is 0 Å². The van der Waals surface area contributed by atoms with Gasteiger partial charge in [0.25, 0.3) is 0 Å². The van der Waals surface area contributed by atoms with Crippen LogP contribution < -0.4 is 5.32 Å². The normalized spacial score (nSPS) is 11.5. The van der Waals surface area contributed by atoms with Crippen LogP contribution in [-0.4, -0.2) is 23.2 Å². The summed E-state index contributed by atoms with van der Waals surface area (Å²) in [7, 11) is 0. The molecule has 0 saturated heterocycles. The van der Waals surface area contributed by atoms with Crippen LogP contribution in [0.3, 0.4) is 0 Å². The molecule has 5 heteroatoms. The lowest BCUT2D eigenvalue weighted by Gasteiger charge is -2.19. The molecule has 1 amide bonds. The van der Waals surface area contributed by atoms with Gasteiger partial charge in [0, 0.05) is 12.0 Å². The van der Waals surface area contributed by atoms with Crippen LogP contribution in [0.4, 0.5) is 4.79 Å². The molecule has 5 nitrogen and oxygen atoms in total. The Morgan fingerprint density at radius 1 is 1.42 bits per heavy atom. The topological polar surface area (TPSA) is 64.4 Å². The second-order valence-corrected chi connectivity index (χ2v) is 5.42. The molecular formula is C14H18N2O3. The van der Waals surface area contributed by atoms with Crippen LogP contribution in [0.2, 0.25) is 0 Å². The van der Waals surface area contributed by atoms with Crippen molar-refractivity contribution in [2.24, 2.45) is 0 Å². The van der Waals surface area contributed by atoms with Crippen molar-refractivity contribution >= 4 is 17.2 Å². The number of alkyl carbamates (subject to hydrolysis) is 1. The average Bonchev–Trinajstić information content (AvgIpc) is 2.73. The molecule has 0 aliphatic rings. The highest BCUT2D eigenvalue weighted by atomic mass is 16.5. The molecule has 1 N–H and O–H groups in total. The molecule has 2 rings (SSSR count). The molecule has 0 bridgehead atoms. The van der Waals surface area contributed by atoms with Gasteiger partial charge in [-0.05, 0) is 38.5 Å². The Bertz CT molecular complexity index is 569. The number of fused-ring (bicyclic) bond motifs is 1. The fourth-order valence-electron chi connectivity index (χ4n) is 1.66. The number of carbonyl (C=O) groups is 1. The molecule has 1 aromatic heterocycles. The summed E-state index contributed by atoms with van der Waals surface area (Å²) >= 11 is 0. The standard InChI is InChI=1S/C14H18N2O3/c1-14(2,3)16-13(17)18-7-6-10-4-5-12-11(8-10)15-9-19-12/h4-5,8-9H,6-7H2,1-3H3,(H,16,17). The smallest absolute Gasteiger partial charge is 0.407 e. The van der Waals surface area contributed by atoms with E-state index in [1.165, 1.54) is 6.39 Å². The van der Waals surface area contributed by atoms with Crippen molar-refractivity contribution in [1.29, 1.82) is 0 Å². The maximum absolute atomic E-state index is 11.5. The molecule has 1 heterocycles. The second-order valence-electron chi connectivity index (χ2n) is 5.42. The lowest BCUT2D eigenvalue weighted by Crippen LogP contribution is -2.41. The van der Waals surface area contributed by atoms with Gasteiger partial charge in [0.2, 0.25) is 0 Å². The number of rotatable bonds is 3. The molecule has 19 heavy (non-hydrogen) atoms. The first-order valence-corrected chi connectivity index (χ1v) is 6.21. The van der Waals surface area contributed by atoms with Gasteiger partial charge in [-0.1, -0.05) is 6.07 Å². The molecule has 102 valence electrons. The average molecular weight is 262 g/mol. The Hall–Kier alpha value is -2.04. The van der Waals surface area contributed by atoms with Gasteiger partial charge in [0.1, 0.15) is 5.52 Å². The minimum absolute atomic E-state index is 0.281. The number of aromatic nitrogens is 1. The van der Waals surface area contributed by atoms with E-state index in [-0.39, 0.29) is 5.54 Å². The van der Waals surface area contributed by atoms with E-state index < -0.39 is 6.09 Å². The van der Waals surface area contributed by atoms with E-state index in [4.69, 9.17) is 9.15 Å². The van der Waals surface area contributed by atoms with Gasteiger partial charge >= 0.3 is 6.09 Å². The van der Waals surface area contributed by atoms with Crippen LogP contribution in [0.5, 0.6) is 0 Å². The molecule has 0 atom stereocenters. The van der Waals surface area contributed by atoms with E-state index in [1.54, 1.807) is 0 Å². The van der Waals surface area contributed by atoms with E-state index in [9.17, 15) is 4.79 Å². The summed E-state index contributed by atoms with van der Waals surface area (Å²) in [4.78, 5) is 15.5. The van der Waals surface area contributed by atoms with Gasteiger partial charge < -0.3 is 14.5 Å². The van der Waals surface area contributed by atoms with Gasteiger partial charge in [-0.2, -0.15) is 0 Å². The van der Waals surface area contributed by atoms with Crippen molar-refractivity contribution in [1.82, 2.24) is 10.3 Å². The summed E-state index contributed by atoms with van der Waals surface area (Å²) in [5.41, 5.74) is 2.35. The lowest BCUT2D eigenvalue weighted by atomic mass is 10.1. The zero-order chi connectivity index (χ0) is 13.9. The van der Waals surface area contributed by atoms with Crippen molar-refractivity contribution < 1.29 is 13.9 Å². The van der Waals surface area contributed by atoms with Crippen LogP contribution in [-0.2, 0) is 11.2 Å². The number of hydrogen-bond donors (Lipinski definition) is 1. The quantitative estimate of drug-likeness (QED) is 0.923. The number of nitrogens with one attached hydrogen (secondary N) is 1. The second kappa shape index (κ2) is 5.30. The number of nitrogens with zero attached hydrogens (tertiary/aromatic N) is 1. The summed E-state index contributed by atoms with van der Waals surface area (Å²) < 4.78 is 10.3. The number of carbonyl (C=O) groups excluding carboxylic acids is 1. The molecule has 2 aromatic rings. The molecule has 0 aliphatic heterocycles. The lowest BCUT2D eigenvalue weighted by molar-refractivity contribution is 0.139. The fourth-order valence-corrected chi connectivity index (χ4v) is 1.66. The molecule has 0 unspecified atom stereocenters. The molecule has 0 saturated carbocycles. The van der Waals surface area contributed by atoms with Crippen molar-refractivity contribution in [3.63, 3.8) is 0 Å². The predicted molar refractivity (Wildman–Crippen MR) is 71.9 cm³/mol. The van der Waals surface area contributed by atoms with Gasteiger partial charge in [-0.15, -0.1) is 0 Å². The molecular weight excluding hydrogens is 244 g/mol. The highest BCUT2D eigenvalue weighted by molar-refractivity contribution is 5.72. The summed E-state index contributed by atoms with van der Waals surface area (Å²) in [5.74, 6) is 0. The third-order valence-corrected chi connectivity index (χ3v) is 2.50. The Kier molecular flexibility index (Phi) is 3.74. The summed E-state index contributed by atoms with van der Waals surface area (Å²) in [5, 5.41) is 2.74. The fraction of sp³-hybridized carbons (Fsp3) is 0.429. The Labute approximate surface area is 112 Å². The van der Waals surface area contributed by atoms with Crippen LogP contribution in [0, 0.1) is 0 Å². The number of benzene rings is 1. The Morgan fingerprint density at radius 2 is 2.21 bits per heavy atom. The Morgan fingerprint density at radius 3 is 2.95 bits per heavy atom. The first kappa shape index (κ1) is 13.4. The van der Waals surface area contributed by atoms with Crippen molar-refractivity contribution in [3.05, 3.63) is 30.2 Å². The van der Waals surface area contributed by atoms with Crippen LogP contribution in [0.1, 0.15) is 26.3 Å². The van der Waals surface area contributed by atoms with Gasteiger partial charge in [-0.3, -0.25) is 0 Å². The third kappa shape index (κ3) is 3.98. The zero-order valence-corrected chi connectivity index (χ0v) is 11.4. The van der Waals surface area contributed by atoms with Gasteiger partial charge in [0.15, 0.2) is 12.0 Å². The molecule has 0 aliphatic carbocycles. The molecule has 0 radical (unpaired) electrons. The number of hydrogen-bond acceptors (Lipinski definition) is 4. The van der Waals surface area contributed by atoms with Gasteiger partial charge in [-0.25, -0.2) is 9.78 Å². The minimum atomic E-state index is -0.394. The summed E-state index contributed by atoms with van der Waals surface area (Å²) in [6.07, 6.45) is 1.68. The first-order chi connectivity index (χ1) is 8.94. The highest BCUT2D eigenvalue weighted by Gasteiger charge is 2.14. The van der Waals surface area contributed by atoms with E-state index in [1.807, 2.05) is 39.0 Å². The molecule has 0 fully saturated rings. The molecule has 0 spiro atoms. The van der Waals surface area contributed by atoms with Crippen LogP contribution in [0.25, 0.3) is 11.1 Å². The maximum atomic E-state index is 11.5. The predicted octanol–water partition coefficient (Wildman–Crippen LogP) is 2.90.